The summed E-state index contributed by atoms with van der Waals surface area (Å²) in [5, 5.41) is 1.10. The summed E-state index contributed by atoms with van der Waals surface area (Å²) in [6.07, 6.45) is 4.89. The number of benzene rings is 2. The van der Waals surface area contributed by atoms with Crippen LogP contribution >= 0.6 is 0 Å². The molecule has 1 saturated heterocycles. The van der Waals surface area contributed by atoms with Crippen LogP contribution in [-0.2, 0) is 0 Å². The molecular weight excluding hydrogens is 303 g/mol. The minimum absolute atomic E-state index is 0.0196. The number of carbonyl (C=O) groups excluding carboxylic acids is 1. The maximum Gasteiger partial charge on any atom is 0.254 e. The summed E-state index contributed by atoms with van der Waals surface area (Å²) in [7, 11) is 0. The number of hydrogen-bond donors (Lipinski definition) is 1. The van der Waals surface area contributed by atoms with Gasteiger partial charge in [-0.05, 0) is 60.5 Å². The van der Waals surface area contributed by atoms with E-state index in [-0.39, 0.29) is 17.8 Å². The zero-order chi connectivity index (χ0) is 16.5. The zero-order valence-corrected chi connectivity index (χ0v) is 13.3. The minimum Gasteiger partial charge on any atom is -0.361 e. The molecule has 3 nitrogen and oxygen atoms in total. The summed E-state index contributed by atoms with van der Waals surface area (Å²) >= 11 is 0. The molecule has 1 aliphatic rings. The summed E-state index contributed by atoms with van der Waals surface area (Å²) in [6, 6.07) is 14.3. The first kappa shape index (κ1) is 14.9. The minimum atomic E-state index is -0.246. The Morgan fingerprint density at radius 2 is 1.92 bits per heavy atom. The summed E-state index contributed by atoms with van der Waals surface area (Å²) in [5.41, 5.74) is 2.67. The van der Waals surface area contributed by atoms with Crippen LogP contribution in [0.5, 0.6) is 0 Å². The number of aromatic nitrogens is 1. The predicted octanol–water partition coefficient (Wildman–Crippen LogP) is 4.67. The Labute approximate surface area is 140 Å². The van der Waals surface area contributed by atoms with Crippen molar-refractivity contribution in [1.82, 2.24) is 9.88 Å². The normalized spacial score (nSPS) is 18.0. The Kier molecular flexibility index (Phi) is 3.81. The Morgan fingerprint density at radius 1 is 1.08 bits per heavy atom. The quantitative estimate of drug-likeness (QED) is 0.731. The number of likely N-dealkylation sites (tertiary alicyclic amines) is 1. The van der Waals surface area contributed by atoms with Crippen LogP contribution in [0.15, 0.2) is 54.7 Å². The first-order valence-electron chi connectivity index (χ1n) is 8.36. The van der Waals surface area contributed by atoms with Gasteiger partial charge in [0.25, 0.3) is 5.91 Å². The highest BCUT2D eigenvalue weighted by Gasteiger charge is 2.28. The molecule has 2 heterocycles. The van der Waals surface area contributed by atoms with Crippen molar-refractivity contribution in [1.29, 1.82) is 0 Å². The van der Waals surface area contributed by atoms with Gasteiger partial charge >= 0.3 is 0 Å². The van der Waals surface area contributed by atoms with Crippen molar-refractivity contribution in [3.05, 3.63) is 71.7 Å². The topological polar surface area (TPSA) is 36.1 Å². The van der Waals surface area contributed by atoms with E-state index in [0.29, 0.717) is 5.56 Å². The average molecular weight is 322 g/mol. The van der Waals surface area contributed by atoms with Crippen molar-refractivity contribution >= 4 is 16.8 Å². The average Bonchev–Trinajstić information content (AvgIpc) is 3.09. The highest BCUT2D eigenvalue weighted by molar-refractivity contribution is 5.98. The monoisotopic (exact) mass is 322 g/mol. The van der Waals surface area contributed by atoms with E-state index in [1.165, 1.54) is 12.1 Å². The van der Waals surface area contributed by atoms with Crippen molar-refractivity contribution in [3.8, 4) is 0 Å². The molecule has 1 N–H and O–H groups in total. The number of piperidine rings is 1. The van der Waals surface area contributed by atoms with Gasteiger partial charge in [0.2, 0.25) is 0 Å². The van der Waals surface area contributed by atoms with Gasteiger partial charge in [-0.2, -0.15) is 0 Å². The van der Waals surface area contributed by atoms with Crippen LogP contribution < -0.4 is 0 Å². The van der Waals surface area contributed by atoms with Crippen LogP contribution in [0.3, 0.4) is 0 Å². The van der Waals surface area contributed by atoms with E-state index < -0.39 is 0 Å². The number of carbonyl (C=O) groups is 1. The number of halogens is 1. The number of hydrogen-bond acceptors (Lipinski definition) is 1. The smallest absolute Gasteiger partial charge is 0.254 e. The fraction of sp³-hybridized carbons (Fsp3) is 0.250. The van der Waals surface area contributed by atoms with Gasteiger partial charge in [0.15, 0.2) is 0 Å². The van der Waals surface area contributed by atoms with Gasteiger partial charge in [0.05, 0.1) is 6.04 Å². The number of aromatic amines is 1. The Balaban J connectivity index is 1.66. The van der Waals surface area contributed by atoms with Crippen LogP contribution in [0.4, 0.5) is 4.39 Å². The molecule has 0 spiro atoms. The first-order chi connectivity index (χ1) is 11.7. The molecular formula is C20H19FN2O. The van der Waals surface area contributed by atoms with Crippen LogP contribution in [0, 0.1) is 5.82 Å². The van der Waals surface area contributed by atoms with Gasteiger partial charge in [-0.25, -0.2) is 4.39 Å². The van der Waals surface area contributed by atoms with E-state index in [1.54, 1.807) is 12.1 Å². The number of nitrogens with one attached hydrogen (secondary N) is 1. The van der Waals surface area contributed by atoms with Gasteiger partial charge in [-0.15, -0.1) is 0 Å². The van der Waals surface area contributed by atoms with Crippen molar-refractivity contribution in [2.24, 2.45) is 0 Å². The second-order valence-corrected chi connectivity index (χ2v) is 6.34. The second-order valence-electron chi connectivity index (χ2n) is 6.34. The van der Waals surface area contributed by atoms with E-state index in [9.17, 15) is 9.18 Å². The molecule has 1 aromatic heterocycles. The summed E-state index contributed by atoms with van der Waals surface area (Å²) in [6.45, 7) is 0.740. The molecule has 0 unspecified atom stereocenters. The molecule has 4 heteroatoms. The van der Waals surface area contributed by atoms with Crippen molar-refractivity contribution in [2.75, 3.05) is 6.54 Å². The maximum atomic E-state index is 13.2. The van der Waals surface area contributed by atoms with Crippen LogP contribution in [0.2, 0.25) is 0 Å². The highest BCUT2D eigenvalue weighted by Crippen LogP contribution is 2.32. The lowest BCUT2D eigenvalue weighted by Gasteiger charge is -2.36. The number of fused-ring (bicyclic) bond motifs is 1. The first-order valence-corrected chi connectivity index (χ1v) is 8.36. The van der Waals surface area contributed by atoms with Gasteiger partial charge < -0.3 is 9.88 Å². The van der Waals surface area contributed by atoms with Crippen molar-refractivity contribution < 1.29 is 9.18 Å². The van der Waals surface area contributed by atoms with Crippen molar-refractivity contribution in [2.45, 2.75) is 25.3 Å². The molecule has 4 rings (SSSR count). The molecule has 1 aliphatic heterocycles. The van der Waals surface area contributed by atoms with Crippen LogP contribution in [0.1, 0.15) is 41.2 Å². The van der Waals surface area contributed by atoms with E-state index >= 15 is 0 Å². The standard InChI is InChI=1S/C20H19FN2O/c21-17-8-6-15(7-9-17)19-3-1-2-12-23(19)20(24)16-5-4-14-10-11-22-18(14)13-16/h4-11,13,19,22H,1-3,12H2/t19-/m1/s1. The summed E-state index contributed by atoms with van der Waals surface area (Å²) in [5.74, 6) is -0.204. The fourth-order valence-electron chi connectivity index (χ4n) is 3.55. The Morgan fingerprint density at radius 3 is 2.75 bits per heavy atom. The fourth-order valence-corrected chi connectivity index (χ4v) is 3.55. The lowest BCUT2D eigenvalue weighted by molar-refractivity contribution is 0.0611. The van der Waals surface area contributed by atoms with E-state index in [0.717, 1.165) is 42.3 Å². The van der Waals surface area contributed by atoms with Gasteiger partial charge in [-0.3, -0.25) is 4.79 Å². The molecule has 0 radical (unpaired) electrons. The molecule has 3 aromatic rings. The lowest BCUT2D eigenvalue weighted by Crippen LogP contribution is -2.38. The third-order valence-electron chi connectivity index (χ3n) is 4.82. The second kappa shape index (κ2) is 6.11. The number of H-pyrrole nitrogens is 1. The summed E-state index contributed by atoms with van der Waals surface area (Å²) < 4.78 is 13.2. The molecule has 1 amide bonds. The van der Waals surface area contributed by atoms with Crippen LogP contribution in [-0.4, -0.2) is 22.3 Å². The molecule has 0 aliphatic carbocycles. The highest BCUT2D eigenvalue weighted by atomic mass is 19.1. The third-order valence-corrected chi connectivity index (χ3v) is 4.82. The number of amides is 1. The Hall–Kier alpha value is -2.62. The van der Waals surface area contributed by atoms with Gasteiger partial charge in [0.1, 0.15) is 5.82 Å². The SMILES string of the molecule is O=C(c1ccc2cc[nH]c2c1)N1CCCC[C@@H]1c1ccc(F)cc1. The predicted molar refractivity (Wildman–Crippen MR) is 92.3 cm³/mol. The number of rotatable bonds is 2. The molecule has 1 atom stereocenters. The van der Waals surface area contributed by atoms with Crippen molar-refractivity contribution in [3.63, 3.8) is 0 Å². The molecule has 24 heavy (non-hydrogen) atoms. The van der Waals surface area contributed by atoms with Gasteiger partial charge in [-0.1, -0.05) is 18.2 Å². The van der Waals surface area contributed by atoms with E-state index in [1.807, 2.05) is 35.4 Å². The molecule has 0 saturated carbocycles. The largest absolute Gasteiger partial charge is 0.361 e. The molecule has 2 aromatic carbocycles. The Bertz CT molecular complexity index is 869. The molecule has 122 valence electrons. The zero-order valence-electron chi connectivity index (χ0n) is 13.3. The molecule has 1 fully saturated rings. The van der Waals surface area contributed by atoms with E-state index in [4.69, 9.17) is 0 Å². The van der Waals surface area contributed by atoms with Gasteiger partial charge in [0, 0.05) is 23.8 Å². The van der Waals surface area contributed by atoms with Crippen LogP contribution in [0.25, 0.3) is 10.9 Å². The maximum absolute atomic E-state index is 13.2. The third kappa shape index (κ3) is 2.68. The number of nitrogens with zero attached hydrogens (tertiary/aromatic N) is 1. The lowest BCUT2D eigenvalue weighted by atomic mass is 9.94. The summed E-state index contributed by atoms with van der Waals surface area (Å²) in [4.78, 5) is 18.1. The molecule has 0 bridgehead atoms. The van der Waals surface area contributed by atoms with E-state index in [2.05, 4.69) is 4.98 Å².